The minimum Gasteiger partial charge on any atom is -0.480 e. The van der Waals surface area contributed by atoms with E-state index in [2.05, 4.69) is 0 Å². The van der Waals surface area contributed by atoms with Gasteiger partial charge in [0.15, 0.2) is 0 Å². The molecule has 5 nitrogen and oxygen atoms in total. The predicted molar refractivity (Wildman–Crippen MR) is 78.6 cm³/mol. The van der Waals surface area contributed by atoms with Crippen LogP contribution in [0.1, 0.15) is 55.1 Å². The van der Waals surface area contributed by atoms with Crippen molar-refractivity contribution in [2.75, 3.05) is 6.54 Å². The van der Waals surface area contributed by atoms with Crippen molar-refractivity contribution in [2.45, 2.75) is 50.6 Å². The molecule has 3 rings (SSSR count). The summed E-state index contributed by atoms with van der Waals surface area (Å²) in [5, 5.41) is 9.93. The summed E-state index contributed by atoms with van der Waals surface area (Å²) in [6.07, 6.45) is 7.08. The zero-order valence-corrected chi connectivity index (χ0v) is 12.6. The Morgan fingerprint density at radius 3 is 2.62 bits per heavy atom. The number of carboxylic acid groups (broad SMARTS) is 1. The zero-order chi connectivity index (χ0) is 15.0. The smallest absolute Gasteiger partial charge is 0.326 e. The predicted octanol–water partition coefficient (Wildman–Crippen LogP) is 2.95. The molecular formula is C15H19ClN2O3. The zero-order valence-electron chi connectivity index (χ0n) is 11.8. The number of hydrogen-bond acceptors (Lipinski definition) is 2. The van der Waals surface area contributed by atoms with Gasteiger partial charge in [-0.3, -0.25) is 4.79 Å². The van der Waals surface area contributed by atoms with Gasteiger partial charge in [0.25, 0.3) is 5.91 Å². The summed E-state index contributed by atoms with van der Waals surface area (Å²) in [7, 11) is 0. The number of amides is 1. The van der Waals surface area contributed by atoms with E-state index in [9.17, 15) is 14.7 Å². The van der Waals surface area contributed by atoms with Crippen molar-refractivity contribution in [3.8, 4) is 0 Å². The Kier molecular flexibility index (Phi) is 3.93. The lowest BCUT2D eigenvalue weighted by atomic mass is 10.1. The lowest BCUT2D eigenvalue weighted by molar-refractivity contribution is -0.142. The molecule has 114 valence electrons. The average Bonchev–Trinajstić information content (AvgIpc) is 3.24. The number of likely N-dealkylation sites (tertiary alicyclic amines) is 1. The highest BCUT2D eigenvalue weighted by Crippen LogP contribution is 2.38. The normalized spacial score (nSPS) is 22.9. The van der Waals surface area contributed by atoms with Gasteiger partial charge in [-0.25, -0.2) is 4.79 Å². The Bertz CT molecular complexity index is 565. The average molecular weight is 311 g/mol. The number of carbonyl (C=O) groups is 2. The second-order valence-corrected chi connectivity index (χ2v) is 6.32. The molecule has 0 spiro atoms. The number of nitrogens with zero attached hydrogens (tertiary/aromatic N) is 2. The molecule has 21 heavy (non-hydrogen) atoms. The molecule has 1 aliphatic heterocycles. The van der Waals surface area contributed by atoms with Gasteiger partial charge in [0.05, 0.1) is 5.02 Å². The highest BCUT2D eigenvalue weighted by Gasteiger charge is 2.35. The quantitative estimate of drug-likeness (QED) is 0.933. The van der Waals surface area contributed by atoms with Gasteiger partial charge in [0.1, 0.15) is 11.7 Å². The van der Waals surface area contributed by atoms with Crippen LogP contribution in [0, 0.1) is 0 Å². The molecule has 0 bridgehead atoms. The minimum atomic E-state index is -0.916. The van der Waals surface area contributed by atoms with Crippen LogP contribution in [0.3, 0.4) is 0 Å². The van der Waals surface area contributed by atoms with E-state index in [0.717, 1.165) is 32.1 Å². The topological polar surface area (TPSA) is 62.5 Å². The maximum absolute atomic E-state index is 12.8. The van der Waals surface area contributed by atoms with Crippen molar-refractivity contribution in [3.63, 3.8) is 0 Å². The second kappa shape index (κ2) is 5.72. The molecule has 6 heteroatoms. The molecule has 2 aliphatic rings. The van der Waals surface area contributed by atoms with Gasteiger partial charge in [-0.05, 0) is 31.7 Å². The Morgan fingerprint density at radius 2 is 1.95 bits per heavy atom. The number of halogens is 1. The molecular weight excluding hydrogens is 292 g/mol. The van der Waals surface area contributed by atoms with E-state index in [4.69, 9.17) is 11.6 Å². The first-order chi connectivity index (χ1) is 10.1. The number of aromatic nitrogens is 1. The van der Waals surface area contributed by atoms with E-state index in [1.54, 1.807) is 12.3 Å². The third-order valence-electron chi connectivity index (χ3n) is 4.27. The van der Waals surface area contributed by atoms with Crippen LogP contribution in [0.5, 0.6) is 0 Å². The molecule has 1 amide bonds. The Balaban J connectivity index is 1.90. The lowest BCUT2D eigenvalue weighted by Crippen LogP contribution is -2.45. The molecule has 1 N–H and O–H groups in total. The second-order valence-electron chi connectivity index (χ2n) is 5.88. The number of rotatable bonds is 3. The summed E-state index contributed by atoms with van der Waals surface area (Å²) in [5.41, 5.74) is 0.524. The molecule has 2 fully saturated rings. The lowest BCUT2D eigenvalue weighted by Gasteiger charge is -2.27. The molecule has 1 aromatic rings. The first-order valence-electron chi connectivity index (χ1n) is 7.49. The van der Waals surface area contributed by atoms with Gasteiger partial charge >= 0.3 is 5.97 Å². The molecule has 0 aromatic carbocycles. The van der Waals surface area contributed by atoms with E-state index in [1.165, 1.54) is 4.90 Å². The summed E-state index contributed by atoms with van der Waals surface area (Å²) in [4.78, 5) is 25.8. The van der Waals surface area contributed by atoms with Crippen LogP contribution in [0.15, 0.2) is 12.3 Å². The highest BCUT2D eigenvalue weighted by molar-refractivity contribution is 6.31. The van der Waals surface area contributed by atoms with Crippen LogP contribution in [0.4, 0.5) is 0 Å². The van der Waals surface area contributed by atoms with E-state index >= 15 is 0 Å². The first-order valence-corrected chi connectivity index (χ1v) is 7.87. The molecule has 1 aromatic heterocycles. The Morgan fingerprint density at radius 1 is 1.19 bits per heavy atom. The summed E-state index contributed by atoms with van der Waals surface area (Å²) in [5.74, 6) is -1.12. The molecule has 0 radical (unpaired) electrons. The number of aliphatic carboxylic acids is 1. The van der Waals surface area contributed by atoms with Gasteiger partial charge in [0, 0.05) is 18.8 Å². The van der Waals surface area contributed by atoms with Gasteiger partial charge in [-0.2, -0.15) is 0 Å². The molecule has 1 saturated heterocycles. The van der Waals surface area contributed by atoms with Gasteiger partial charge in [-0.1, -0.05) is 24.4 Å². The Hall–Kier alpha value is -1.49. The fourth-order valence-corrected chi connectivity index (χ4v) is 3.24. The van der Waals surface area contributed by atoms with Crippen molar-refractivity contribution in [2.24, 2.45) is 0 Å². The van der Waals surface area contributed by atoms with Gasteiger partial charge in [0.2, 0.25) is 0 Å². The molecule has 2 heterocycles. The fraction of sp³-hybridized carbons (Fsp3) is 0.600. The van der Waals surface area contributed by atoms with Crippen LogP contribution < -0.4 is 0 Å². The van der Waals surface area contributed by atoms with Crippen LogP contribution in [0.25, 0.3) is 0 Å². The largest absolute Gasteiger partial charge is 0.480 e. The number of carbonyl (C=O) groups excluding carboxylic acids is 1. The minimum absolute atomic E-state index is 0.205. The number of hydrogen-bond donors (Lipinski definition) is 1. The third-order valence-corrected chi connectivity index (χ3v) is 4.48. The van der Waals surface area contributed by atoms with Crippen molar-refractivity contribution in [3.05, 3.63) is 23.0 Å². The summed E-state index contributed by atoms with van der Waals surface area (Å²) in [6.45, 7) is 0.503. The molecule has 1 unspecified atom stereocenters. The van der Waals surface area contributed by atoms with Crippen LogP contribution in [-0.4, -0.2) is 39.0 Å². The monoisotopic (exact) mass is 310 g/mol. The third kappa shape index (κ3) is 2.93. The number of carboxylic acids is 1. The van der Waals surface area contributed by atoms with Crippen molar-refractivity contribution < 1.29 is 14.7 Å². The maximum atomic E-state index is 12.8. The van der Waals surface area contributed by atoms with E-state index in [-0.39, 0.29) is 5.91 Å². The SMILES string of the molecule is O=C(O)C1CCCCCN1C(=O)c1cc(Cl)cn1C1CC1. The summed E-state index contributed by atoms with van der Waals surface area (Å²) < 4.78 is 1.91. The maximum Gasteiger partial charge on any atom is 0.326 e. The first kappa shape index (κ1) is 14.4. The van der Waals surface area contributed by atoms with Crippen molar-refractivity contribution in [1.29, 1.82) is 0 Å². The van der Waals surface area contributed by atoms with E-state index < -0.39 is 12.0 Å². The summed E-state index contributed by atoms with van der Waals surface area (Å²) >= 11 is 6.04. The van der Waals surface area contributed by atoms with E-state index in [0.29, 0.717) is 29.7 Å². The highest BCUT2D eigenvalue weighted by atomic mass is 35.5. The van der Waals surface area contributed by atoms with Crippen molar-refractivity contribution in [1.82, 2.24) is 9.47 Å². The van der Waals surface area contributed by atoms with E-state index in [1.807, 2.05) is 4.57 Å². The van der Waals surface area contributed by atoms with Gasteiger partial charge in [-0.15, -0.1) is 0 Å². The molecule has 1 aliphatic carbocycles. The fourth-order valence-electron chi connectivity index (χ4n) is 3.03. The van der Waals surface area contributed by atoms with Crippen molar-refractivity contribution >= 4 is 23.5 Å². The van der Waals surface area contributed by atoms with Gasteiger partial charge < -0.3 is 14.6 Å². The summed E-state index contributed by atoms with van der Waals surface area (Å²) in [6, 6.07) is 1.28. The standard InChI is InChI=1S/C15H19ClN2O3/c16-10-8-13(18(9-10)11-5-6-11)14(19)17-7-3-1-2-4-12(17)15(20)21/h8-9,11-12H,1-7H2,(H,20,21). The Labute approximate surface area is 128 Å². The molecule has 1 saturated carbocycles. The molecule has 1 atom stereocenters. The van der Waals surface area contributed by atoms with Crippen LogP contribution in [0.2, 0.25) is 5.02 Å². The van der Waals surface area contributed by atoms with Crippen LogP contribution >= 0.6 is 11.6 Å². The van der Waals surface area contributed by atoms with Crippen LogP contribution in [-0.2, 0) is 4.79 Å².